The van der Waals surface area contributed by atoms with Crippen LogP contribution in [-0.4, -0.2) is 27.4 Å². The molecular weight excluding hydrogens is 348 g/mol. The van der Waals surface area contributed by atoms with Crippen molar-refractivity contribution in [3.63, 3.8) is 0 Å². The topological polar surface area (TPSA) is 75.3 Å². The quantitative estimate of drug-likeness (QED) is 0.782. The number of hydrogen-bond acceptors (Lipinski definition) is 3. The van der Waals surface area contributed by atoms with Gasteiger partial charge in [-0.25, -0.2) is 13.1 Å². The summed E-state index contributed by atoms with van der Waals surface area (Å²) in [7, 11) is -2.23. The number of sulfonamides is 1. The van der Waals surface area contributed by atoms with E-state index in [1.54, 1.807) is 12.1 Å². The summed E-state index contributed by atoms with van der Waals surface area (Å²) in [6.45, 7) is 6.24. The molecule has 1 amide bonds. The lowest BCUT2D eigenvalue weighted by Crippen LogP contribution is -2.37. The van der Waals surface area contributed by atoms with Crippen LogP contribution in [0.1, 0.15) is 43.1 Å². The fraction of sp³-hybridized carbons (Fsp3) is 0.350. The first-order chi connectivity index (χ1) is 12.2. The van der Waals surface area contributed by atoms with Crippen molar-refractivity contribution < 1.29 is 13.2 Å². The summed E-state index contributed by atoms with van der Waals surface area (Å²) in [6, 6.07) is 16.1. The monoisotopic (exact) mass is 374 g/mol. The molecule has 6 heteroatoms. The zero-order valence-corrected chi connectivity index (χ0v) is 16.4. The maximum absolute atomic E-state index is 12.5. The fourth-order valence-corrected chi connectivity index (χ4v) is 3.83. The van der Waals surface area contributed by atoms with Crippen LogP contribution >= 0.6 is 0 Å². The highest BCUT2D eigenvalue weighted by Gasteiger charge is 2.24. The van der Waals surface area contributed by atoms with Gasteiger partial charge in [-0.3, -0.25) is 4.79 Å². The molecule has 0 saturated carbocycles. The lowest BCUT2D eigenvalue weighted by atomic mass is 9.79. The van der Waals surface area contributed by atoms with Gasteiger partial charge in [-0.2, -0.15) is 0 Å². The number of carbonyl (C=O) groups is 1. The number of hydrogen-bond donors (Lipinski definition) is 2. The van der Waals surface area contributed by atoms with E-state index < -0.39 is 10.0 Å². The summed E-state index contributed by atoms with van der Waals surface area (Å²) in [5.74, 6) is -0.283. The molecule has 0 spiro atoms. The first-order valence-electron chi connectivity index (χ1n) is 8.56. The Morgan fingerprint density at radius 2 is 1.73 bits per heavy atom. The summed E-state index contributed by atoms with van der Waals surface area (Å²) >= 11 is 0. The van der Waals surface area contributed by atoms with Crippen molar-refractivity contribution in [1.82, 2.24) is 10.0 Å². The molecule has 26 heavy (non-hydrogen) atoms. The molecule has 140 valence electrons. The van der Waals surface area contributed by atoms with Crippen molar-refractivity contribution >= 4 is 15.9 Å². The van der Waals surface area contributed by atoms with E-state index in [-0.39, 0.29) is 22.3 Å². The van der Waals surface area contributed by atoms with Crippen LogP contribution in [0.25, 0.3) is 0 Å². The van der Waals surface area contributed by atoms with Crippen LogP contribution in [0.3, 0.4) is 0 Å². The van der Waals surface area contributed by atoms with Gasteiger partial charge < -0.3 is 5.32 Å². The van der Waals surface area contributed by atoms with E-state index >= 15 is 0 Å². The summed E-state index contributed by atoms with van der Waals surface area (Å²) in [5, 5.41) is 2.96. The van der Waals surface area contributed by atoms with Crippen molar-refractivity contribution in [2.24, 2.45) is 0 Å². The number of rotatable bonds is 7. The normalized spacial score (nSPS) is 13.2. The summed E-state index contributed by atoms with van der Waals surface area (Å²) in [6.07, 6.45) is 0.761. The Bertz CT molecular complexity index is 862. The van der Waals surface area contributed by atoms with Gasteiger partial charge >= 0.3 is 0 Å². The van der Waals surface area contributed by atoms with Gasteiger partial charge in [0.25, 0.3) is 5.91 Å². The standard InChI is InChI=1S/C20H26N2O3S/c1-15(14-20(2,3)17-10-6-5-7-11-17)22-19(23)16-9-8-12-18(13-16)26(24,25)21-4/h5-13,15,21H,14H2,1-4H3,(H,22,23). The molecule has 0 aliphatic rings. The van der Waals surface area contributed by atoms with Crippen LogP contribution < -0.4 is 10.0 Å². The minimum atomic E-state index is -3.58. The van der Waals surface area contributed by atoms with Gasteiger partial charge in [0.15, 0.2) is 0 Å². The second-order valence-electron chi connectivity index (χ2n) is 7.06. The summed E-state index contributed by atoms with van der Waals surface area (Å²) in [5.41, 5.74) is 1.44. The van der Waals surface area contributed by atoms with Gasteiger partial charge in [0, 0.05) is 11.6 Å². The predicted octanol–water partition coefficient (Wildman–Crippen LogP) is 3.08. The highest BCUT2D eigenvalue weighted by atomic mass is 32.2. The molecule has 5 nitrogen and oxygen atoms in total. The summed E-state index contributed by atoms with van der Waals surface area (Å²) in [4.78, 5) is 12.6. The molecule has 0 heterocycles. The molecule has 2 aromatic carbocycles. The average molecular weight is 375 g/mol. The Hall–Kier alpha value is -2.18. The lowest BCUT2D eigenvalue weighted by Gasteiger charge is -2.29. The zero-order chi connectivity index (χ0) is 19.4. The van der Waals surface area contributed by atoms with Crippen molar-refractivity contribution in [2.45, 2.75) is 43.5 Å². The van der Waals surface area contributed by atoms with Crippen LogP contribution in [0.2, 0.25) is 0 Å². The maximum atomic E-state index is 12.5. The molecule has 0 aliphatic carbocycles. The smallest absolute Gasteiger partial charge is 0.251 e. The van der Waals surface area contributed by atoms with Gasteiger partial charge in [0.1, 0.15) is 0 Å². The Kier molecular flexibility index (Phi) is 6.21. The van der Waals surface area contributed by atoms with E-state index in [0.717, 1.165) is 6.42 Å². The van der Waals surface area contributed by atoms with Crippen molar-refractivity contribution in [3.8, 4) is 0 Å². The van der Waals surface area contributed by atoms with Crippen molar-refractivity contribution in [2.75, 3.05) is 7.05 Å². The lowest BCUT2D eigenvalue weighted by molar-refractivity contribution is 0.0934. The molecule has 2 rings (SSSR count). The molecule has 0 bridgehead atoms. The minimum Gasteiger partial charge on any atom is -0.350 e. The van der Waals surface area contributed by atoms with Crippen molar-refractivity contribution in [1.29, 1.82) is 0 Å². The van der Waals surface area contributed by atoms with Gasteiger partial charge in [0.05, 0.1) is 4.90 Å². The maximum Gasteiger partial charge on any atom is 0.251 e. The molecule has 1 atom stereocenters. The van der Waals surface area contributed by atoms with E-state index in [9.17, 15) is 13.2 Å². The average Bonchev–Trinajstić information content (AvgIpc) is 2.62. The van der Waals surface area contributed by atoms with Crippen LogP contribution in [0.15, 0.2) is 59.5 Å². The highest BCUT2D eigenvalue weighted by Crippen LogP contribution is 2.28. The first kappa shape index (κ1) is 20.1. The van der Waals surface area contributed by atoms with E-state index in [0.29, 0.717) is 5.56 Å². The van der Waals surface area contributed by atoms with Crippen molar-refractivity contribution in [3.05, 3.63) is 65.7 Å². The Morgan fingerprint density at radius 3 is 2.35 bits per heavy atom. The van der Waals surface area contributed by atoms with Crippen LogP contribution in [0.4, 0.5) is 0 Å². The third-order valence-electron chi connectivity index (χ3n) is 4.42. The van der Waals surface area contributed by atoms with Gasteiger partial charge in [0.2, 0.25) is 10.0 Å². The van der Waals surface area contributed by atoms with E-state index in [4.69, 9.17) is 0 Å². The molecule has 0 aromatic heterocycles. The van der Waals surface area contributed by atoms with E-state index in [1.807, 2.05) is 25.1 Å². The highest BCUT2D eigenvalue weighted by molar-refractivity contribution is 7.89. The molecule has 0 aliphatic heterocycles. The minimum absolute atomic E-state index is 0.0673. The largest absolute Gasteiger partial charge is 0.350 e. The molecule has 0 fully saturated rings. The SMILES string of the molecule is CNS(=O)(=O)c1cccc(C(=O)NC(C)CC(C)(C)c2ccccc2)c1. The molecule has 0 radical (unpaired) electrons. The van der Waals surface area contributed by atoms with Crippen LogP contribution in [0, 0.1) is 0 Å². The van der Waals surface area contributed by atoms with E-state index in [2.05, 4.69) is 36.0 Å². The number of amides is 1. The third kappa shape index (κ3) is 4.93. The predicted molar refractivity (Wildman–Crippen MR) is 104 cm³/mol. The first-order valence-corrected chi connectivity index (χ1v) is 10.0. The van der Waals surface area contributed by atoms with Gasteiger partial charge in [-0.15, -0.1) is 0 Å². The third-order valence-corrected chi connectivity index (χ3v) is 5.84. The van der Waals surface area contributed by atoms with Crippen LogP contribution in [0.5, 0.6) is 0 Å². The van der Waals surface area contributed by atoms with Crippen LogP contribution in [-0.2, 0) is 15.4 Å². The second-order valence-corrected chi connectivity index (χ2v) is 8.95. The molecule has 2 aromatic rings. The summed E-state index contributed by atoms with van der Waals surface area (Å²) < 4.78 is 26.1. The molecule has 1 unspecified atom stereocenters. The fourth-order valence-electron chi connectivity index (χ4n) is 3.05. The zero-order valence-electron chi connectivity index (χ0n) is 15.6. The Balaban J connectivity index is 2.09. The Labute approximate surface area is 155 Å². The Morgan fingerprint density at radius 1 is 1.08 bits per heavy atom. The molecule has 2 N–H and O–H groups in total. The number of carbonyl (C=O) groups excluding carboxylic acids is 1. The number of nitrogens with one attached hydrogen (secondary N) is 2. The van der Waals surface area contributed by atoms with Gasteiger partial charge in [-0.05, 0) is 49.6 Å². The van der Waals surface area contributed by atoms with Gasteiger partial charge in [-0.1, -0.05) is 50.2 Å². The number of benzene rings is 2. The van der Waals surface area contributed by atoms with E-state index in [1.165, 1.54) is 24.7 Å². The second kappa shape index (κ2) is 8.01. The molecular formula is C20H26N2O3S. The molecule has 0 saturated heterocycles.